The number of thioether (sulfide) groups is 1. The first-order valence-electron chi connectivity index (χ1n) is 9.29. The van der Waals surface area contributed by atoms with E-state index in [9.17, 15) is 18.3 Å². The van der Waals surface area contributed by atoms with Gasteiger partial charge >= 0.3 is 0 Å². The molecule has 2 atom stereocenters. The number of sulfone groups is 1. The zero-order chi connectivity index (χ0) is 21.0. The van der Waals surface area contributed by atoms with E-state index < -0.39 is 9.84 Å². The number of carbonyl (C=O) groups is 1. The second-order valence-corrected chi connectivity index (χ2v) is 10.7. The molecule has 0 aliphatic carbocycles. The topological polar surface area (TPSA) is 101 Å². The van der Waals surface area contributed by atoms with Crippen LogP contribution in [0.25, 0.3) is 11.3 Å². The van der Waals surface area contributed by atoms with Gasteiger partial charge in [0.25, 0.3) is 5.91 Å². The van der Waals surface area contributed by atoms with Crippen molar-refractivity contribution in [1.29, 1.82) is 0 Å². The maximum atomic E-state index is 12.7. The Balaban J connectivity index is 1.91. The number of nitrogens with zero attached hydrogens (tertiary/aromatic N) is 2. The van der Waals surface area contributed by atoms with Gasteiger partial charge < -0.3 is 10.4 Å². The molecule has 2 N–H and O–H groups in total. The lowest BCUT2D eigenvalue weighted by Gasteiger charge is -2.15. The minimum atomic E-state index is -3.11. The monoisotopic (exact) mass is 457 g/mol. The average Bonchev–Trinajstić information content (AvgIpc) is 3.29. The lowest BCUT2D eigenvalue weighted by Crippen LogP contribution is -2.38. The van der Waals surface area contributed by atoms with Crippen molar-refractivity contribution in [2.75, 3.05) is 30.1 Å². The number of hydrogen-bond acceptors (Lipinski definition) is 6. The van der Waals surface area contributed by atoms with Crippen LogP contribution in [-0.2, 0) is 9.84 Å². The number of rotatable bonds is 8. The predicted octanol–water partition coefficient (Wildman–Crippen LogP) is 2.41. The number of aromatic nitrogens is 2. The molecule has 1 fully saturated rings. The Bertz CT molecular complexity index is 960. The normalized spacial score (nSPS) is 19.2. The molecule has 29 heavy (non-hydrogen) atoms. The molecule has 1 saturated heterocycles. The Morgan fingerprint density at radius 2 is 2.14 bits per heavy atom. The summed E-state index contributed by atoms with van der Waals surface area (Å²) in [5.41, 5.74) is 1.66. The summed E-state index contributed by atoms with van der Waals surface area (Å²) >= 11 is 7.62. The van der Waals surface area contributed by atoms with Gasteiger partial charge in [-0.05, 0) is 48.6 Å². The van der Waals surface area contributed by atoms with E-state index in [1.54, 1.807) is 34.6 Å². The largest absolute Gasteiger partial charge is 0.394 e. The first-order chi connectivity index (χ1) is 13.8. The molecule has 0 radical (unpaired) electrons. The van der Waals surface area contributed by atoms with Crippen molar-refractivity contribution in [3.63, 3.8) is 0 Å². The van der Waals surface area contributed by atoms with Crippen molar-refractivity contribution in [2.24, 2.45) is 0 Å². The molecule has 1 aliphatic rings. The van der Waals surface area contributed by atoms with Crippen LogP contribution in [0.2, 0.25) is 5.02 Å². The molecule has 3 rings (SSSR count). The van der Waals surface area contributed by atoms with Crippen LogP contribution in [0, 0.1) is 0 Å². The summed E-state index contributed by atoms with van der Waals surface area (Å²) in [6, 6.07) is 8.09. The van der Waals surface area contributed by atoms with Gasteiger partial charge in [0.1, 0.15) is 0 Å². The van der Waals surface area contributed by atoms with Gasteiger partial charge in [-0.15, -0.1) is 0 Å². The lowest BCUT2D eigenvalue weighted by atomic mass is 10.1. The standard InChI is InChI=1S/C19H24ClN3O4S2/c1-28-8-6-15(11-24)21-19(25)17-10-18(13-2-4-14(20)5-3-13)23(22-17)16-7-9-29(26,27)12-16/h2-5,10,15-16,24H,6-9,11-12H2,1H3,(H,21,25)/t15-,16+/m0/s1. The number of carbonyl (C=O) groups excluding carboxylic acids is 1. The fourth-order valence-corrected chi connectivity index (χ4v) is 5.65. The van der Waals surface area contributed by atoms with Crippen LogP contribution in [0.3, 0.4) is 0 Å². The first-order valence-corrected chi connectivity index (χ1v) is 12.9. The molecular formula is C19H24ClN3O4S2. The first kappa shape index (κ1) is 22.1. The number of nitrogens with one attached hydrogen (secondary N) is 1. The third-order valence-electron chi connectivity index (χ3n) is 4.89. The molecule has 10 heteroatoms. The third kappa shape index (κ3) is 5.53. The molecule has 0 saturated carbocycles. The van der Waals surface area contributed by atoms with E-state index in [4.69, 9.17) is 11.6 Å². The van der Waals surface area contributed by atoms with Gasteiger partial charge in [0.2, 0.25) is 0 Å². The smallest absolute Gasteiger partial charge is 0.272 e. The second kappa shape index (κ2) is 9.51. The molecule has 2 aromatic rings. The lowest BCUT2D eigenvalue weighted by molar-refractivity contribution is 0.0909. The van der Waals surface area contributed by atoms with Crippen LogP contribution < -0.4 is 5.32 Å². The van der Waals surface area contributed by atoms with E-state index in [1.165, 1.54) is 0 Å². The molecule has 1 aromatic carbocycles. The van der Waals surface area contributed by atoms with E-state index in [-0.39, 0.29) is 41.8 Å². The van der Waals surface area contributed by atoms with Gasteiger partial charge in [-0.3, -0.25) is 9.48 Å². The summed E-state index contributed by atoms with van der Waals surface area (Å²) in [5, 5.41) is 17.4. The molecule has 158 valence electrons. The van der Waals surface area contributed by atoms with Gasteiger partial charge in [-0.1, -0.05) is 23.7 Å². The van der Waals surface area contributed by atoms with Gasteiger partial charge in [0.05, 0.1) is 35.9 Å². The molecule has 2 heterocycles. The van der Waals surface area contributed by atoms with Crippen LogP contribution in [0.5, 0.6) is 0 Å². The van der Waals surface area contributed by atoms with Crippen molar-refractivity contribution in [1.82, 2.24) is 15.1 Å². The maximum Gasteiger partial charge on any atom is 0.272 e. The summed E-state index contributed by atoms with van der Waals surface area (Å²) < 4.78 is 25.6. The summed E-state index contributed by atoms with van der Waals surface area (Å²) in [5.74, 6) is 0.541. The Morgan fingerprint density at radius 1 is 1.41 bits per heavy atom. The number of halogens is 1. The number of aliphatic hydroxyl groups is 1. The van der Waals surface area contributed by atoms with Gasteiger partial charge in [0, 0.05) is 5.02 Å². The average molecular weight is 458 g/mol. The van der Waals surface area contributed by atoms with Crippen molar-refractivity contribution in [3.05, 3.63) is 41.0 Å². The highest BCUT2D eigenvalue weighted by molar-refractivity contribution is 7.98. The Kier molecular flexibility index (Phi) is 7.26. The Morgan fingerprint density at radius 3 is 2.72 bits per heavy atom. The fourth-order valence-electron chi connectivity index (χ4n) is 3.32. The van der Waals surface area contributed by atoms with Crippen LogP contribution in [-0.4, -0.2) is 65.4 Å². The van der Waals surface area contributed by atoms with Crippen LogP contribution in [0.4, 0.5) is 0 Å². The van der Waals surface area contributed by atoms with Gasteiger partial charge in [-0.2, -0.15) is 16.9 Å². The molecule has 7 nitrogen and oxygen atoms in total. The highest BCUT2D eigenvalue weighted by Gasteiger charge is 2.32. The molecule has 1 aliphatic heterocycles. The SMILES string of the molecule is CSCC[C@@H](CO)NC(=O)c1cc(-c2ccc(Cl)cc2)n([C@@H]2CCS(=O)(=O)C2)n1. The second-order valence-electron chi connectivity index (χ2n) is 7.06. The van der Waals surface area contributed by atoms with Crippen LogP contribution >= 0.6 is 23.4 Å². The number of hydrogen-bond donors (Lipinski definition) is 2. The number of amides is 1. The van der Waals surface area contributed by atoms with E-state index >= 15 is 0 Å². The van der Waals surface area contributed by atoms with Crippen molar-refractivity contribution in [2.45, 2.75) is 24.9 Å². The number of benzene rings is 1. The molecule has 0 unspecified atom stereocenters. The summed E-state index contributed by atoms with van der Waals surface area (Å²) in [7, 11) is -3.11. The van der Waals surface area contributed by atoms with E-state index in [0.29, 0.717) is 23.6 Å². The molecular weight excluding hydrogens is 434 g/mol. The molecule has 1 aromatic heterocycles. The minimum Gasteiger partial charge on any atom is -0.394 e. The third-order valence-corrected chi connectivity index (χ3v) is 7.53. The molecule has 1 amide bonds. The summed E-state index contributed by atoms with van der Waals surface area (Å²) in [6.45, 7) is -0.155. The predicted molar refractivity (Wildman–Crippen MR) is 116 cm³/mol. The van der Waals surface area contributed by atoms with Gasteiger partial charge in [-0.25, -0.2) is 8.42 Å². The van der Waals surface area contributed by atoms with E-state index in [2.05, 4.69) is 10.4 Å². The Labute approximate surface area is 179 Å². The minimum absolute atomic E-state index is 0.00329. The van der Waals surface area contributed by atoms with E-state index in [0.717, 1.165) is 11.3 Å². The van der Waals surface area contributed by atoms with Crippen LogP contribution in [0.1, 0.15) is 29.4 Å². The van der Waals surface area contributed by atoms with Crippen molar-refractivity contribution in [3.8, 4) is 11.3 Å². The number of aliphatic hydroxyl groups excluding tert-OH is 1. The zero-order valence-electron chi connectivity index (χ0n) is 16.0. The maximum absolute atomic E-state index is 12.7. The zero-order valence-corrected chi connectivity index (χ0v) is 18.4. The van der Waals surface area contributed by atoms with Gasteiger partial charge in [0.15, 0.2) is 15.5 Å². The fraction of sp³-hybridized carbons (Fsp3) is 0.474. The summed E-state index contributed by atoms with van der Waals surface area (Å²) in [4.78, 5) is 12.7. The Hall–Kier alpha value is -1.55. The quantitative estimate of drug-likeness (QED) is 0.631. The highest BCUT2D eigenvalue weighted by Crippen LogP contribution is 2.30. The van der Waals surface area contributed by atoms with Crippen molar-refractivity contribution < 1.29 is 18.3 Å². The van der Waals surface area contributed by atoms with Crippen LogP contribution in [0.15, 0.2) is 30.3 Å². The summed E-state index contributed by atoms with van der Waals surface area (Å²) in [6.07, 6.45) is 3.07. The molecule has 0 bridgehead atoms. The van der Waals surface area contributed by atoms with Crippen molar-refractivity contribution >= 4 is 39.1 Å². The van der Waals surface area contributed by atoms with E-state index in [1.807, 2.05) is 18.4 Å². The highest BCUT2D eigenvalue weighted by atomic mass is 35.5. The molecule has 0 spiro atoms.